The van der Waals surface area contributed by atoms with Crippen LogP contribution in [-0.4, -0.2) is 30.1 Å². The molecule has 30 heavy (non-hydrogen) atoms. The predicted octanol–water partition coefficient (Wildman–Crippen LogP) is 4.98. The summed E-state index contributed by atoms with van der Waals surface area (Å²) in [5.74, 6) is -1.06. The van der Waals surface area contributed by atoms with E-state index in [0.29, 0.717) is 11.4 Å². The number of carbonyl (C=O) groups is 2. The zero-order chi connectivity index (χ0) is 21.5. The molecule has 0 atom stereocenters. The summed E-state index contributed by atoms with van der Waals surface area (Å²) in [6, 6.07) is 15.6. The summed E-state index contributed by atoms with van der Waals surface area (Å²) >= 11 is 0. The number of aryl methyl sites for hydroxylation is 1. The first kappa shape index (κ1) is 21.0. The van der Waals surface area contributed by atoms with Gasteiger partial charge in [-0.05, 0) is 55.8 Å². The van der Waals surface area contributed by atoms with Gasteiger partial charge in [-0.2, -0.15) is 0 Å². The summed E-state index contributed by atoms with van der Waals surface area (Å²) in [5, 5.41) is 5.47. The molecule has 1 N–H and O–H groups in total. The number of anilines is 1. The molecule has 0 bridgehead atoms. The molecular formula is C24H24N2O4. The fraction of sp³-hybridized carbons (Fsp3) is 0.208. The van der Waals surface area contributed by atoms with E-state index in [9.17, 15) is 9.59 Å². The lowest BCUT2D eigenvalue weighted by Crippen LogP contribution is -2.14. The van der Waals surface area contributed by atoms with Gasteiger partial charge >= 0.3 is 11.9 Å². The minimum absolute atomic E-state index is 0.210. The van der Waals surface area contributed by atoms with Crippen molar-refractivity contribution in [3.8, 4) is 0 Å². The van der Waals surface area contributed by atoms with Crippen LogP contribution in [-0.2, 0) is 9.47 Å². The highest BCUT2D eigenvalue weighted by Crippen LogP contribution is 2.20. The second kappa shape index (κ2) is 9.69. The Balaban J connectivity index is 1.89. The van der Waals surface area contributed by atoms with Gasteiger partial charge in [-0.15, -0.1) is 0 Å². The summed E-state index contributed by atoms with van der Waals surface area (Å²) in [5.41, 5.74) is 2.25. The number of ether oxygens (including phenoxy) is 2. The van der Waals surface area contributed by atoms with E-state index < -0.39 is 11.9 Å². The topological polar surface area (TPSA) is 77.5 Å². The lowest BCUT2D eigenvalue weighted by molar-refractivity contribution is 0.0523. The van der Waals surface area contributed by atoms with Crippen LogP contribution in [0.3, 0.4) is 0 Å². The molecule has 0 fully saturated rings. The molecule has 0 unspecified atom stereocenters. The van der Waals surface area contributed by atoms with Crippen LogP contribution >= 0.6 is 0 Å². The molecule has 0 aliphatic rings. The highest BCUT2D eigenvalue weighted by Gasteiger charge is 2.19. The van der Waals surface area contributed by atoms with E-state index in [-0.39, 0.29) is 24.3 Å². The van der Waals surface area contributed by atoms with Crippen LogP contribution in [0, 0.1) is 6.92 Å². The average molecular weight is 404 g/mol. The van der Waals surface area contributed by atoms with Crippen LogP contribution in [0.15, 0.2) is 54.7 Å². The molecule has 1 heterocycles. The smallest absolute Gasteiger partial charge is 0.340 e. The maximum Gasteiger partial charge on any atom is 0.340 e. The largest absolute Gasteiger partial charge is 0.462 e. The van der Waals surface area contributed by atoms with Crippen LogP contribution in [0.2, 0.25) is 0 Å². The molecule has 0 saturated heterocycles. The minimum atomic E-state index is -0.541. The Morgan fingerprint density at radius 2 is 1.60 bits per heavy atom. The third kappa shape index (κ3) is 4.84. The van der Waals surface area contributed by atoms with Crippen molar-refractivity contribution in [3.05, 3.63) is 77.2 Å². The van der Waals surface area contributed by atoms with E-state index >= 15 is 0 Å². The molecule has 3 aromatic rings. The molecule has 0 aliphatic heterocycles. The number of nitrogens with one attached hydrogen (secondary N) is 1. The van der Waals surface area contributed by atoms with Crippen molar-refractivity contribution >= 4 is 34.5 Å². The van der Waals surface area contributed by atoms with Crippen molar-refractivity contribution in [2.45, 2.75) is 20.8 Å². The van der Waals surface area contributed by atoms with E-state index in [4.69, 9.17) is 9.47 Å². The monoisotopic (exact) mass is 404 g/mol. The van der Waals surface area contributed by atoms with Gasteiger partial charge in [-0.3, -0.25) is 4.98 Å². The predicted molar refractivity (Wildman–Crippen MR) is 117 cm³/mol. The molecule has 6 nitrogen and oxygen atoms in total. The van der Waals surface area contributed by atoms with E-state index in [0.717, 1.165) is 16.5 Å². The summed E-state index contributed by atoms with van der Waals surface area (Å²) in [6.45, 7) is 5.62. The molecule has 154 valence electrons. The van der Waals surface area contributed by atoms with Gasteiger partial charge in [0.15, 0.2) is 0 Å². The molecule has 6 heteroatoms. The highest BCUT2D eigenvalue weighted by molar-refractivity contribution is 5.98. The summed E-state index contributed by atoms with van der Waals surface area (Å²) in [7, 11) is 0. The van der Waals surface area contributed by atoms with E-state index in [1.807, 2.05) is 36.4 Å². The molecule has 0 radical (unpaired) electrons. The number of hydrogen-bond donors (Lipinski definition) is 1. The third-order valence-electron chi connectivity index (χ3n) is 4.47. The number of hydrogen-bond acceptors (Lipinski definition) is 6. The first-order valence-corrected chi connectivity index (χ1v) is 9.81. The fourth-order valence-corrected chi connectivity index (χ4v) is 3.03. The van der Waals surface area contributed by atoms with Crippen LogP contribution < -0.4 is 5.32 Å². The molecule has 0 spiro atoms. The quantitative estimate of drug-likeness (QED) is 0.560. The SMILES string of the molecule is CCOC(=O)c1cc(C(=O)OCC)c(/C=C\Nc2ccc3ccccc3c2)nc1C. The molecule has 0 saturated carbocycles. The minimum Gasteiger partial charge on any atom is -0.462 e. The second-order valence-corrected chi connectivity index (χ2v) is 6.53. The first-order chi connectivity index (χ1) is 14.5. The Labute approximate surface area is 175 Å². The van der Waals surface area contributed by atoms with Crippen molar-refractivity contribution in [1.29, 1.82) is 0 Å². The molecule has 3 rings (SSSR count). The standard InChI is InChI=1S/C24H24N2O4/c1-4-29-23(27)20-15-21(24(28)30-5-2)22(26-16(20)3)12-13-25-19-11-10-17-8-6-7-9-18(17)14-19/h6-15,25H,4-5H2,1-3H3/b13-12-. The third-order valence-corrected chi connectivity index (χ3v) is 4.47. The lowest BCUT2D eigenvalue weighted by atomic mass is 10.1. The number of rotatable bonds is 7. The van der Waals surface area contributed by atoms with Gasteiger partial charge < -0.3 is 14.8 Å². The Hall–Kier alpha value is -3.67. The van der Waals surface area contributed by atoms with E-state index in [1.165, 1.54) is 6.07 Å². The highest BCUT2D eigenvalue weighted by atomic mass is 16.5. The molecule has 0 aliphatic carbocycles. The van der Waals surface area contributed by atoms with Gasteiger partial charge in [0.25, 0.3) is 0 Å². The Morgan fingerprint density at radius 1 is 0.933 bits per heavy atom. The second-order valence-electron chi connectivity index (χ2n) is 6.53. The number of carbonyl (C=O) groups excluding carboxylic acids is 2. The molecular weight excluding hydrogens is 380 g/mol. The zero-order valence-electron chi connectivity index (χ0n) is 17.3. The average Bonchev–Trinajstić information content (AvgIpc) is 2.74. The molecule has 2 aromatic carbocycles. The number of fused-ring (bicyclic) bond motifs is 1. The Kier molecular flexibility index (Phi) is 6.80. The van der Waals surface area contributed by atoms with Crippen molar-refractivity contribution in [2.75, 3.05) is 18.5 Å². The van der Waals surface area contributed by atoms with Gasteiger partial charge in [0.05, 0.1) is 35.7 Å². The van der Waals surface area contributed by atoms with Crippen molar-refractivity contribution in [2.24, 2.45) is 0 Å². The lowest BCUT2D eigenvalue weighted by Gasteiger charge is -2.11. The number of nitrogens with zero attached hydrogens (tertiary/aromatic N) is 1. The van der Waals surface area contributed by atoms with Gasteiger partial charge in [0, 0.05) is 11.9 Å². The van der Waals surface area contributed by atoms with Crippen LogP contribution in [0.1, 0.15) is 46.0 Å². The van der Waals surface area contributed by atoms with Gasteiger partial charge in [-0.1, -0.05) is 30.3 Å². The summed E-state index contributed by atoms with van der Waals surface area (Å²) in [6.07, 6.45) is 3.39. The summed E-state index contributed by atoms with van der Waals surface area (Å²) in [4.78, 5) is 29.0. The van der Waals surface area contributed by atoms with Crippen LogP contribution in [0.4, 0.5) is 5.69 Å². The fourth-order valence-electron chi connectivity index (χ4n) is 3.03. The number of esters is 2. The van der Waals surface area contributed by atoms with Crippen molar-refractivity contribution in [3.63, 3.8) is 0 Å². The van der Waals surface area contributed by atoms with Crippen molar-refractivity contribution in [1.82, 2.24) is 4.98 Å². The Bertz CT molecular complexity index is 1110. The van der Waals surface area contributed by atoms with Gasteiger partial charge in [-0.25, -0.2) is 9.59 Å². The first-order valence-electron chi connectivity index (χ1n) is 9.81. The van der Waals surface area contributed by atoms with Gasteiger partial charge in [0.2, 0.25) is 0 Å². The normalized spacial score (nSPS) is 10.9. The maximum atomic E-state index is 12.4. The number of aromatic nitrogens is 1. The maximum absolute atomic E-state index is 12.4. The summed E-state index contributed by atoms with van der Waals surface area (Å²) < 4.78 is 10.2. The number of pyridine rings is 1. The van der Waals surface area contributed by atoms with Crippen LogP contribution in [0.25, 0.3) is 16.8 Å². The number of benzene rings is 2. The van der Waals surface area contributed by atoms with Gasteiger partial charge in [0.1, 0.15) is 0 Å². The van der Waals surface area contributed by atoms with Crippen molar-refractivity contribution < 1.29 is 19.1 Å². The molecule has 0 amide bonds. The van der Waals surface area contributed by atoms with Crippen LogP contribution in [0.5, 0.6) is 0 Å². The van der Waals surface area contributed by atoms with E-state index in [2.05, 4.69) is 16.4 Å². The molecule has 1 aromatic heterocycles. The zero-order valence-corrected chi connectivity index (χ0v) is 17.3. The van der Waals surface area contributed by atoms with E-state index in [1.54, 1.807) is 33.0 Å². The Morgan fingerprint density at radius 3 is 2.30 bits per heavy atom.